The molecule has 24 heavy (non-hydrogen) atoms. The number of thioether (sulfide) groups is 1. The zero-order valence-electron chi connectivity index (χ0n) is 13.0. The Kier molecular flexibility index (Phi) is 4.90. The van der Waals surface area contributed by atoms with Crippen LogP contribution in [0.4, 0.5) is 0 Å². The monoisotopic (exact) mass is 339 g/mol. The molecule has 0 radical (unpaired) electrons. The van der Waals surface area contributed by atoms with Crippen LogP contribution in [-0.2, 0) is 11.3 Å². The summed E-state index contributed by atoms with van der Waals surface area (Å²) in [6.07, 6.45) is 3.40. The molecule has 0 amide bonds. The number of aromatic nitrogens is 4. The van der Waals surface area contributed by atoms with E-state index in [1.807, 2.05) is 47.0 Å². The van der Waals surface area contributed by atoms with Crippen molar-refractivity contribution in [1.82, 2.24) is 19.7 Å². The van der Waals surface area contributed by atoms with Crippen LogP contribution in [0.3, 0.4) is 0 Å². The Labute approximate surface area is 143 Å². The van der Waals surface area contributed by atoms with Crippen molar-refractivity contribution in [2.24, 2.45) is 0 Å². The van der Waals surface area contributed by atoms with Crippen molar-refractivity contribution in [3.63, 3.8) is 0 Å². The van der Waals surface area contributed by atoms with Crippen LogP contribution in [0, 0.1) is 0 Å². The molecule has 2 heterocycles. The molecule has 0 fully saturated rings. The second kappa shape index (κ2) is 7.27. The van der Waals surface area contributed by atoms with Crippen molar-refractivity contribution in [2.45, 2.75) is 23.9 Å². The maximum absolute atomic E-state index is 11.1. The van der Waals surface area contributed by atoms with Gasteiger partial charge in [-0.25, -0.2) is 0 Å². The van der Waals surface area contributed by atoms with Crippen LogP contribution in [0.2, 0.25) is 0 Å². The standard InChI is InChI=1S/C17H16N4O2S/c1-12(16(22)23)24-17-20-19-15(14-8-5-9-18-10-14)21(17)11-13-6-3-2-4-7-13/h2-10,12H,11H2,1H3,(H,22,23)/p-1/t12-/m1/s1. The number of hydrogen-bond donors (Lipinski definition) is 0. The number of carbonyl (C=O) groups excluding carboxylic acids is 1. The molecule has 0 saturated heterocycles. The van der Waals surface area contributed by atoms with Crippen molar-refractivity contribution in [3.8, 4) is 11.4 Å². The van der Waals surface area contributed by atoms with E-state index in [1.165, 1.54) is 0 Å². The minimum Gasteiger partial charge on any atom is -0.549 e. The second-order valence-corrected chi connectivity index (χ2v) is 6.51. The fraction of sp³-hybridized carbons (Fsp3) is 0.176. The largest absolute Gasteiger partial charge is 0.549 e. The van der Waals surface area contributed by atoms with Crippen LogP contribution >= 0.6 is 11.8 Å². The molecule has 2 aromatic heterocycles. The zero-order chi connectivity index (χ0) is 16.9. The van der Waals surface area contributed by atoms with Crippen LogP contribution in [0.1, 0.15) is 12.5 Å². The smallest absolute Gasteiger partial charge is 0.192 e. The molecule has 3 rings (SSSR count). The van der Waals surface area contributed by atoms with E-state index in [0.29, 0.717) is 17.5 Å². The van der Waals surface area contributed by atoms with Gasteiger partial charge in [0.05, 0.1) is 12.5 Å². The Morgan fingerprint density at radius 1 is 1.21 bits per heavy atom. The molecular weight excluding hydrogens is 324 g/mol. The van der Waals surface area contributed by atoms with Gasteiger partial charge in [-0.15, -0.1) is 10.2 Å². The molecule has 7 heteroatoms. The number of nitrogens with zero attached hydrogens (tertiary/aromatic N) is 4. The number of rotatable bonds is 6. The highest BCUT2D eigenvalue weighted by Gasteiger charge is 2.17. The fourth-order valence-corrected chi connectivity index (χ4v) is 2.98. The summed E-state index contributed by atoms with van der Waals surface area (Å²) < 4.78 is 1.90. The number of carboxylic acids is 1. The van der Waals surface area contributed by atoms with Crippen molar-refractivity contribution in [3.05, 3.63) is 60.4 Å². The molecule has 0 aliphatic carbocycles. The molecule has 0 aliphatic rings. The minimum atomic E-state index is -1.13. The summed E-state index contributed by atoms with van der Waals surface area (Å²) in [5.41, 5.74) is 1.90. The Morgan fingerprint density at radius 3 is 2.67 bits per heavy atom. The maximum atomic E-state index is 11.1. The SMILES string of the molecule is C[C@@H](Sc1nnc(-c2cccnc2)n1Cc1ccccc1)C(=O)[O-]. The molecule has 0 saturated carbocycles. The normalized spacial score (nSPS) is 12.0. The topological polar surface area (TPSA) is 83.7 Å². The Balaban J connectivity index is 2.00. The third-order valence-electron chi connectivity index (χ3n) is 3.43. The number of carbonyl (C=O) groups is 1. The quantitative estimate of drug-likeness (QED) is 0.635. The van der Waals surface area contributed by atoms with E-state index >= 15 is 0 Å². The maximum Gasteiger partial charge on any atom is 0.192 e. The van der Waals surface area contributed by atoms with E-state index in [1.54, 1.807) is 19.3 Å². The predicted molar refractivity (Wildman–Crippen MR) is 89.1 cm³/mol. The molecule has 6 nitrogen and oxygen atoms in total. The van der Waals surface area contributed by atoms with E-state index in [0.717, 1.165) is 22.9 Å². The molecule has 3 aromatic rings. The van der Waals surface area contributed by atoms with Gasteiger partial charge in [-0.05, 0) is 24.6 Å². The summed E-state index contributed by atoms with van der Waals surface area (Å²) in [5, 5.41) is 19.3. The van der Waals surface area contributed by atoms with Gasteiger partial charge in [-0.2, -0.15) is 0 Å². The average molecular weight is 339 g/mol. The van der Waals surface area contributed by atoms with E-state index in [-0.39, 0.29) is 0 Å². The first-order chi connectivity index (χ1) is 11.6. The Hall–Kier alpha value is -2.67. The van der Waals surface area contributed by atoms with Crippen LogP contribution in [0.15, 0.2) is 60.0 Å². The van der Waals surface area contributed by atoms with Crippen LogP contribution < -0.4 is 5.11 Å². The molecule has 1 atom stereocenters. The third kappa shape index (κ3) is 3.62. The van der Waals surface area contributed by atoms with E-state index in [2.05, 4.69) is 15.2 Å². The van der Waals surface area contributed by atoms with Gasteiger partial charge in [-0.1, -0.05) is 42.1 Å². The van der Waals surface area contributed by atoms with Gasteiger partial charge in [-0.3, -0.25) is 9.55 Å². The summed E-state index contributed by atoms with van der Waals surface area (Å²) in [5.74, 6) is -0.475. The van der Waals surface area contributed by atoms with Gasteiger partial charge in [0.15, 0.2) is 11.0 Å². The number of aliphatic carboxylic acids is 1. The van der Waals surface area contributed by atoms with E-state index in [9.17, 15) is 9.90 Å². The van der Waals surface area contributed by atoms with Gasteiger partial charge in [0.25, 0.3) is 0 Å². The minimum absolute atomic E-state index is 0.536. The molecular formula is C17H15N4O2S-. The first kappa shape index (κ1) is 16.2. The van der Waals surface area contributed by atoms with Gasteiger partial charge < -0.3 is 9.90 Å². The fourth-order valence-electron chi connectivity index (χ4n) is 2.20. The van der Waals surface area contributed by atoms with E-state index in [4.69, 9.17) is 0 Å². The van der Waals surface area contributed by atoms with Crippen LogP contribution in [-0.4, -0.2) is 31.0 Å². The highest BCUT2D eigenvalue weighted by atomic mass is 32.2. The molecule has 0 N–H and O–H groups in total. The summed E-state index contributed by atoms with van der Waals surface area (Å²) in [6, 6.07) is 13.6. The van der Waals surface area contributed by atoms with Crippen LogP contribution in [0.5, 0.6) is 0 Å². The molecule has 122 valence electrons. The molecule has 0 unspecified atom stereocenters. The lowest BCUT2D eigenvalue weighted by Gasteiger charge is -2.14. The van der Waals surface area contributed by atoms with Crippen molar-refractivity contribution >= 4 is 17.7 Å². The molecule has 0 bridgehead atoms. The summed E-state index contributed by atoms with van der Waals surface area (Å²) in [6.45, 7) is 2.12. The Bertz CT molecular complexity index is 821. The average Bonchev–Trinajstić information content (AvgIpc) is 2.99. The third-order valence-corrected chi connectivity index (χ3v) is 4.49. The van der Waals surface area contributed by atoms with Gasteiger partial charge in [0.2, 0.25) is 0 Å². The van der Waals surface area contributed by atoms with Crippen molar-refractivity contribution < 1.29 is 9.90 Å². The first-order valence-corrected chi connectivity index (χ1v) is 8.28. The molecule has 1 aromatic carbocycles. The van der Waals surface area contributed by atoms with Crippen molar-refractivity contribution in [2.75, 3.05) is 0 Å². The molecule has 0 aliphatic heterocycles. The number of benzene rings is 1. The number of hydrogen-bond acceptors (Lipinski definition) is 6. The summed E-state index contributed by atoms with van der Waals surface area (Å²) >= 11 is 1.12. The lowest BCUT2D eigenvalue weighted by molar-refractivity contribution is -0.304. The summed E-state index contributed by atoms with van der Waals surface area (Å²) in [4.78, 5) is 15.2. The predicted octanol–water partition coefficient (Wildman–Crippen LogP) is 1.62. The summed E-state index contributed by atoms with van der Waals surface area (Å²) in [7, 11) is 0. The van der Waals surface area contributed by atoms with Gasteiger partial charge >= 0.3 is 0 Å². The number of carboxylic acid groups (broad SMARTS) is 1. The number of pyridine rings is 1. The highest BCUT2D eigenvalue weighted by Crippen LogP contribution is 2.27. The highest BCUT2D eigenvalue weighted by molar-refractivity contribution is 8.00. The van der Waals surface area contributed by atoms with E-state index < -0.39 is 11.2 Å². The zero-order valence-corrected chi connectivity index (χ0v) is 13.8. The van der Waals surface area contributed by atoms with Gasteiger partial charge in [0, 0.05) is 23.2 Å². The van der Waals surface area contributed by atoms with Crippen LogP contribution in [0.25, 0.3) is 11.4 Å². The second-order valence-electron chi connectivity index (χ2n) is 5.20. The lowest BCUT2D eigenvalue weighted by atomic mass is 10.2. The lowest BCUT2D eigenvalue weighted by Crippen LogP contribution is -2.31. The van der Waals surface area contributed by atoms with Crippen molar-refractivity contribution in [1.29, 1.82) is 0 Å². The Morgan fingerprint density at radius 2 is 2.00 bits per heavy atom. The first-order valence-electron chi connectivity index (χ1n) is 7.40. The molecule has 0 spiro atoms. The van der Waals surface area contributed by atoms with Gasteiger partial charge in [0.1, 0.15) is 0 Å².